The number of hydrogen-bond acceptors (Lipinski definition) is 5. The molecule has 0 saturated heterocycles. The first-order valence-corrected chi connectivity index (χ1v) is 12.0. The lowest BCUT2D eigenvalue weighted by Crippen LogP contribution is -2.50. The number of benzene rings is 2. The molecule has 2 unspecified atom stereocenters. The van der Waals surface area contributed by atoms with Crippen LogP contribution in [0.3, 0.4) is 0 Å². The zero-order valence-corrected chi connectivity index (χ0v) is 19.0. The summed E-state index contributed by atoms with van der Waals surface area (Å²) in [6.45, 7) is 5.80. The average molecular weight is 448 g/mol. The van der Waals surface area contributed by atoms with Gasteiger partial charge in [0.05, 0.1) is 22.9 Å². The van der Waals surface area contributed by atoms with Crippen molar-refractivity contribution in [1.29, 1.82) is 0 Å². The van der Waals surface area contributed by atoms with Crippen LogP contribution in [0.2, 0.25) is 0 Å². The first-order valence-electron chi connectivity index (χ1n) is 10.1. The minimum atomic E-state index is -3.89. The Morgan fingerprint density at radius 3 is 2.29 bits per heavy atom. The summed E-state index contributed by atoms with van der Waals surface area (Å²) in [6, 6.07) is 13.5. The normalized spacial score (nSPS) is 13.5. The molecule has 168 valence electrons. The van der Waals surface area contributed by atoms with E-state index in [1.54, 1.807) is 6.92 Å². The van der Waals surface area contributed by atoms with Crippen LogP contribution < -0.4 is 9.62 Å². The van der Waals surface area contributed by atoms with Gasteiger partial charge in [0.1, 0.15) is 6.04 Å². The Kier molecular flexibility index (Phi) is 8.15. The van der Waals surface area contributed by atoms with E-state index in [0.29, 0.717) is 12.3 Å². The molecule has 2 atom stereocenters. The molecule has 0 bridgehead atoms. The number of hydrogen-bond donors (Lipinski definition) is 1. The molecule has 0 heterocycles. The van der Waals surface area contributed by atoms with Crippen LogP contribution in [0.5, 0.6) is 0 Å². The Bertz CT molecular complexity index is 1010. The van der Waals surface area contributed by atoms with Crippen molar-refractivity contribution in [3.8, 4) is 0 Å². The summed E-state index contributed by atoms with van der Waals surface area (Å²) in [4.78, 5) is 23.8. The molecule has 0 aliphatic rings. The predicted molar refractivity (Wildman–Crippen MR) is 121 cm³/mol. The van der Waals surface area contributed by atoms with Crippen molar-refractivity contribution in [3.05, 3.63) is 70.3 Å². The number of non-ortho nitro benzene ring substituents is 1. The van der Waals surface area contributed by atoms with Crippen molar-refractivity contribution in [2.45, 2.75) is 45.7 Å². The van der Waals surface area contributed by atoms with E-state index in [4.69, 9.17) is 0 Å². The molecule has 0 radical (unpaired) electrons. The van der Waals surface area contributed by atoms with Gasteiger partial charge in [0.15, 0.2) is 0 Å². The number of rotatable bonds is 10. The molecule has 0 fully saturated rings. The lowest BCUT2D eigenvalue weighted by atomic mass is 9.96. The highest BCUT2D eigenvalue weighted by molar-refractivity contribution is 7.92. The van der Waals surface area contributed by atoms with Gasteiger partial charge in [0, 0.05) is 12.1 Å². The lowest BCUT2D eigenvalue weighted by Gasteiger charge is -2.32. The van der Waals surface area contributed by atoms with Crippen LogP contribution in [-0.4, -0.2) is 31.5 Å². The largest absolute Gasteiger partial charge is 0.347 e. The van der Waals surface area contributed by atoms with Gasteiger partial charge in [-0.2, -0.15) is 0 Å². The number of carbonyl (C=O) groups is 1. The van der Waals surface area contributed by atoms with Gasteiger partial charge >= 0.3 is 0 Å². The molecule has 2 aromatic carbocycles. The van der Waals surface area contributed by atoms with Crippen LogP contribution >= 0.6 is 0 Å². The van der Waals surface area contributed by atoms with E-state index in [1.807, 2.05) is 44.2 Å². The van der Waals surface area contributed by atoms with E-state index >= 15 is 0 Å². The second kappa shape index (κ2) is 10.4. The van der Waals surface area contributed by atoms with Crippen LogP contribution in [0, 0.1) is 16.0 Å². The zero-order chi connectivity index (χ0) is 23.2. The number of amides is 1. The van der Waals surface area contributed by atoms with Gasteiger partial charge in [-0.15, -0.1) is 0 Å². The van der Waals surface area contributed by atoms with Gasteiger partial charge in [-0.25, -0.2) is 8.42 Å². The minimum absolute atomic E-state index is 0.0822. The van der Waals surface area contributed by atoms with Gasteiger partial charge in [-0.1, -0.05) is 57.2 Å². The lowest BCUT2D eigenvalue weighted by molar-refractivity contribution is -0.384. The average Bonchev–Trinajstić information content (AvgIpc) is 2.70. The van der Waals surface area contributed by atoms with Crippen molar-refractivity contribution < 1.29 is 18.1 Å². The van der Waals surface area contributed by atoms with Gasteiger partial charge < -0.3 is 5.32 Å². The van der Waals surface area contributed by atoms with Crippen LogP contribution in [0.1, 0.15) is 45.2 Å². The maximum Gasteiger partial charge on any atom is 0.271 e. The number of nitro groups is 1. The summed E-state index contributed by atoms with van der Waals surface area (Å²) in [5.74, 6) is -0.151. The molecule has 0 aliphatic heterocycles. The summed E-state index contributed by atoms with van der Waals surface area (Å²) in [5, 5.41) is 14.2. The third-order valence-electron chi connectivity index (χ3n) is 4.85. The van der Waals surface area contributed by atoms with Crippen LogP contribution in [0.4, 0.5) is 11.4 Å². The quantitative estimate of drug-likeness (QED) is 0.437. The van der Waals surface area contributed by atoms with E-state index < -0.39 is 26.9 Å². The fourth-order valence-corrected chi connectivity index (χ4v) is 4.71. The van der Waals surface area contributed by atoms with Gasteiger partial charge in [0.25, 0.3) is 5.69 Å². The maximum atomic E-state index is 13.3. The second-order valence-electron chi connectivity index (χ2n) is 7.86. The smallest absolute Gasteiger partial charge is 0.271 e. The van der Waals surface area contributed by atoms with E-state index in [0.717, 1.165) is 16.1 Å². The molecule has 8 nitrogen and oxygen atoms in total. The highest BCUT2D eigenvalue weighted by Crippen LogP contribution is 2.28. The standard InChI is InChI=1S/C22H29N3O5S/c1-5-21(22(26)23-20(14-16(2)3)17-10-7-6-8-11-17)24(31(4,29)30)18-12-9-13-19(15-18)25(27)28/h6-13,15-16,20-21H,5,14H2,1-4H3,(H,23,26). The van der Waals surface area contributed by atoms with Crippen molar-refractivity contribution in [2.24, 2.45) is 5.92 Å². The molecule has 2 aromatic rings. The Labute approximate surface area is 183 Å². The van der Waals surface area contributed by atoms with Gasteiger partial charge in [-0.05, 0) is 30.4 Å². The van der Waals surface area contributed by atoms with Crippen molar-refractivity contribution in [3.63, 3.8) is 0 Å². The highest BCUT2D eigenvalue weighted by atomic mass is 32.2. The molecular weight excluding hydrogens is 418 g/mol. The summed E-state index contributed by atoms with van der Waals surface area (Å²) in [5.41, 5.74) is 0.767. The molecule has 1 amide bonds. The summed E-state index contributed by atoms with van der Waals surface area (Å²) >= 11 is 0. The minimum Gasteiger partial charge on any atom is -0.347 e. The molecule has 2 rings (SSSR count). The number of nitro benzene ring substituents is 1. The molecule has 1 N–H and O–H groups in total. The number of carbonyl (C=O) groups excluding carboxylic acids is 1. The fraction of sp³-hybridized carbons (Fsp3) is 0.409. The van der Waals surface area contributed by atoms with E-state index in [2.05, 4.69) is 5.32 Å². The summed E-state index contributed by atoms with van der Waals surface area (Å²) in [7, 11) is -3.89. The number of anilines is 1. The topological polar surface area (TPSA) is 110 Å². The van der Waals surface area contributed by atoms with Gasteiger partial charge in [-0.3, -0.25) is 19.2 Å². The fourth-order valence-electron chi connectivity index (χ4n) is 3.51. The Morgan fingerprint density at radius 1 is 1.13 bits per heavy atom. The molecule has 0 saturated carbocycles. The third kappa shape index (κ3) is 6.52. The van der Waals surface area contributed by atoms with E-state index in [9.17, 15) is 23.3 Å². The van der Waals surface area contributed by atoms with Crippen LogP contribution in [-0.2, 0) is 14.8 Å². The molecule has 0 spiro atoms. The Balaban J connectivity index is 2.42. The Hall–Kier alpha value is -2.94. The first-order chi connectivity index (χ1) is 14.5. The molecule has 9 heteroatoms. The van der Waals surface area contributed by atoms with E-state index in [1.165, 1.54) is 24.3 Å². The van der Waals surface area contributed by atoms with E-state index in [-0.39, 0.29) is 23.8 Å². The van der Waals surface area contributed by atoms with Crippen molar-refractivity contribution in [2.75, 3.05) is 10.6 Å². The SMILES string of the molecule is CCC(C(=O)NC(CC(C)C)c1ccccc1)N(c1cccc([N+](=O)[O-])c1)S(C)(=O)=O. The highest BCUT2D eigenvalue weighted by Gasteiger charge is 2.33. The number of nitrogens with zero attached hydrogens (tertiary/aromatic N) is 2. The third-order valence-corrected chi connectivity index (χ3v) is 6.03. The molecule has 0 aromatic heterocycles. The Morgan fingerprint density at radius 2 is 1.77 bits per heavy atom. The summed E-state index contributed by atoms with van der Waals surface area (Å²) < 4.78 is 26.2. The predicted octanol–water partition coefficient (Wildman–Crippen LogP) is 4.04. The number of sulfonamides is 1. The van der Waals surface area contributed by atoms with Gasteiger partial charge in [0.2, 0.25) is 15.9 Å². The number of nitrogens with one attached hydrogen (secondary N) is 1. The van der Waals surface area contributed by atoms with Crippen molar-refractivity contribution in [1.82, 2.24) is 5.32 Å². The second-order valence-corrected chi connectivity index (χ2v) is 9.72. The zero-order valence-electron chi connectivity index (χ0n) is 18.2. The summed E-state index contributed by atoms with van der Waals surface area (Å²) in [6.07, 6.45) is 1.87. The van der Waals surface area contributed by atoms with Crippen molar-refractivity contribution >= 4 is 27.3 Å². The molecular formula is C22H29N3O5S. The first kappa shape index (κ1) is 24.3. The van der Waals surface area contributed by atoms with Crippen LogP contribution in [0.25, 0.3) is 0 Å². The monoisotopic (exact) mass is 447 g/mol. The maximum absolute atomic E-state index is 13.3. The molecule has 0 aliphatic carbocycles. The molecule has 31 heavy (non-hydrogen) atoms. The van der Waals surface area contributed by atoms with Crippen LogP contribution in [0.15, 0.2) is 54.6 Å².